The summed E-state index contributed by atoms with van der Waals surface area (Å²) in [6.45, 7) is 6.35. The smallest absolute Gasteiger partial charge is 0.104 e. The minimum atomic E-state index is -0.600. The van der Waals surface area contributed by atoms with Gasteiger partial charge in [-0.05, 0) is 47.6 Å². The molecule has 0 aromatic heterocycles. The standard InChI is InChI=1S/C18H21ClO/c1-4-12(2)14-5-7-15(8-6-14)18(20)16-9-10-17(19)13(3)11-16/h5-12,18,20H,4H2,1-3H3. The van der Waals surface area contributed by atoms with Crippen molar-refractivity contribution in [2.45, 2.75) is 39.2 Å². The number of halogens is 1. The molecule has 2 atom stereocenters. The van der Waals surface area contributed by atoms with Gasteiger partial charge in [0.15, 0.2) is 0 Å². The zero-order valence-electron chi connectivity index (χ0n) is 12.2. The summed E-state index contributed by atoms with van der Waals surface area (Å²) in [4.78, 5) is 0. The van der Waals surface area contributed by atoms with Crippen molar-refractivity contribution >= 4 is 11.6 Å². The summed E-state index contributed by atoms with van der Waals surface area (Å²) in [7, 11) is 0. The van der Waals surface area contributed by atoms with Crippen molar-refractivity contribution in [2.75, 3.05) is 0 Å². The molecule has 2 aromatic rings. The maximum atomic E-state index is 10.5. The summed E-state index contributed by atoms with van der Waals surface area (Å²) in [5.41, 5.74) is 4.09. The highest BCUT2D eigenvalue weighted by Crippen LogP contribution is 2.27. The van der Waals surface area contributed by atoms with Gasteiger partial charge in [-0.1, -0.05) is 61.8 Å². The molecule has 0 saturated carbocycles. The molecular weight excluding hydrogens is 268 g/mol. The van der Waals surface area contributed by atoms with Crippen molar-refractivity contribution in [1.82, 2.24) is 0 Å². The quantitative estimate of drug-likeness (QED) is 0.815. The van der Waals surface area contributed by atoms with E-state index in [2.05, 4.69) is 26.0 Å². The van der Waals surface area contributed by atoms with Crippen molar-refractivity contribution in [3.63, 3.8) is 0 Å². The van der Waals surface area contributed by atoms with Crippen LogP contribution in [0.1, 0.15) is 54.5 Å². The third kappa shape index (κ3) is 3.23. The first-order chi connectivity index (χ1) is 9.52. The lowest BCUT2D eigenvalue weighted by Crippen LogP contribution is -2.01. The van der Waals surface area contributed by atoms with Gasteiger partial charge in [-0.25, -0.2) is 0 Å². The predicted octanol–water partition coefficient (Wildman–Crippen LogP) is 5.24. The highest BCUT2D eigenvalue weighted by atomic mass is 35.5. The molecule has 0 aliphatic carbocycles. The van der Waals surface area contributed by atoms with Crippen LogP contribution in [0.5, 0.6) is 0 Å². The molecule has 0 radical (unpaired) electrons. The first-order valence-electron chi connectivity index (χ1n) is 7.07. The molecule has 0 fully saturated rings. The number of aliphatic hydroxyl groups excluding tert-OH is 1. The van der Waals surface area contributed by atoms with E-state index in [4.69, 9.17) is 11.6 Å². The molecule has 106 valence electrons. The normalized spacial score (nSPS) is 14.1. The largest absolute Gasteiger partial charge is 0.384 e. The molecule has 2 unspecified atom stereocenters. The summed E-state index contributed by atoms with van der Waals surface area (Å²) in [6, 6.07) is 13.9. The van der Waals surface area contributed by atoms with Gasteiger partial charge in [-0.15, -0.1) is 0 Å². The Bertz CT molecular complexity index is 574. The van der Waals surface area contributed by atoms with E-state index < -0.39 is 6.10 Å². The fraction of sp³-hybridized carbons (Fsp3) is 0.333. The Labute approximate surface area is 126 Å². The highest BCUT2D eigenvalue weighted by molar-refractivity contribution is 6.31. The van der Waals surface area contributed by atoms with Crippen LogP contribution < -0.4 is 0 Å². The van der Waals surface area contributed by atoms with Gasteiger partial charge in [-0.2, -0.15) is 0 Å². The Morgan fingerprint density at radius 1 is 1.00 bits per heavy atom. The van der Waals surface area contributed by atoms with Crippen LogP contribution in [-0.4, -0.2) is 5.11 Å². The van der Waals surface area contributed by atoms with Crippen LogP contribution in [0.15, 0.2) is 42.5 Å². The van der Waals surface area contributed by atoms with E-state index in [1.54, 1.807) is 0 Å². The number of aryl methyl sites for hydroxylation is 1. The monoisotopic (exact) mass is 288 g/mol. The summed E-state index contributed by atoms with van der Waals surface area (Å²) in [5, 5.41) is 11.2. The van der Waals surface area contributed by atoms with Gasteiger partial charge in [0, 0.05) is 5.02 Å². The minimum Gasteiger partial charge on any atom is -0.384 e. The zero-order valence-corrected chi connectivity index (χ0v) is 13.0. The van der Waals surface area contributed by atoms with Crippen LogP contribution in [-0.2, 0) is 0 Å². The Morgan fingerprint density at radius 3 is 2.10 bits per heavy atom. The molecule has 0 aliphatic heterocycles. The second-order valence-corrected chi connectivity index (χ2v) is 5.79. The summed E-state index contributed by atoms with van der Waals surface area (Å²) >= 11 is 6.02. The number of hydrogen-bond acceptors (Lipinski definition) is 1. The van der Waals surface area contributed by atoms with E-state index in [1.807, 2.05) is 37.3 Å². The van der Waals surface area contributed by atoms with Crippen molar-refractivity contribution < 1.29 is 5.11 Å². The zero-order chi connectivity index (χ0) is 14.7. The van der Waals surface area contributed by atoms with Crippen LogP contribution >= 0.6 is 11.6 Å². The van der Waals surface area contributed by atoms with Crippen molar-refractivity contribution in [2.24, 2.45) is 0 Å². The average molecular weight is 289 g/mol. The van der Waals surface area contributed by atoms with E-state index in [1.165, 1.54) is 5.56 Å². The average Bonchev–Trinajstić information content (AvgIpc) is 2.48. The van der Waals surface area contributed by atoms with Crippen LogP contribution in [0.2, 0.25) is 5.02 Å². The number of hydrogen-bond donors (Lipinski definition) is 1. The molecule has 0 bridgehead atoms. The predicted molar refractivity (Wildman–Crippen MR) is 85.4 cm³/mol. The Hall–Kier alpha value is -1.31. The molecule has 1 nitrogen and oxygen atoms in total. The van der Waals surface area contributed by atoms with Crippen molar-refractivity contribution in [3.05, 3.63) is 69.7 Å². The number of aliphatic hydroxyl groups is 1. The molecular formula is C18H21ClO. The molecule has 0 amide bonds. The summed E-state index contributed by atoms with van der Waals surface area (Å²) < 4.78 is 0. The van der Waals surface area contributed by atoms with Crippen LogP contribution in [0.25, 0.3) is 0 Å². The second-order valence-electron chi connectivity index (χ2n) is 5.39. The third-order valence-corrected chi connectivity index (χ3v) is 4.36. The number of benzene rings is 2. The molecule has 0 aliphatic rings. The maximum absolute atomic E-state index is 10.5. The molecule has 20 heavy (non-hydrogen) atoms. The summed E-state index contributed by atoms with van der Waals surface area (Å²) in [6.07, 6.45) is 0.523. The van der Waals surface area contributed by atoms with Gasteiger partial charge in [0.25, 0.3) is 0 Å². The Balaban J connectivity index is 2.24. The lowest BCUT2D eigenvalue weighted by molar-refractivity contribution is 0.220. The fourth-order valence-electron chi connectivity index (χ4n) is 2.27. The maximum Gasteiger partial charge on any atom is 0.104 e. The third-order valence-electron chi connectivity index (χ3n) is 3.93. The van der Waals surface area contributed by atoms with Crippen LogP contribution in [0, 0.1) is 6.92 Å². The molecule has 0 heterocycles. The number of rotatable bonds is 4. The molecule has 2 heteroatoms. The van der Waals surface area contributed by atoms with E-state index in [0.717, 1.165) is 28.1 Å². The first kappa shape index (κ1) is 15.1. The minimum absolute atomic E-state index is 0.555. The Morgan fingerprint density at radius 2 is 1.55 bits per heavy atom. The van der Waals surface area contributed by atoms with Gasteiger partial charge < -0.3 is 5.11 Å². The van der Waals surface area contributed by atoms with E-state index in [9.17, 15) is 5.11 Å². The highest BCUT2D eigenvalue weighted by Gasteiger charge is 2.12. The summed E-state index contributed by atoms with van der Waals surface area (Å²) in [5.74, 6) is 0.555. The van der Waals surface area contributed by atoms with Gasteiger partial charge in [0.05, 0.1) is 0 Å². The molecule has 2 rings (SSSR count). The molecule has 0 spiro atoms. The molecule has 2 aromatic carbocycles. The lowest BCUT2D eigenvalue weighted by atomic mass is 9.94. The van der Waals surface area contributed by atoms with Gasteiger partial charge in [-0.3, -0.25) is 0 Å². The van der Waals surface area contributed by atoms with E-state index in [0.29, 0.717) is 5.92 Å². The van der Waals surface area contributed by atoms with Crippen molar-refractivity contribution in [3.8, 4) is 0 Å². The first-order valence-corrected chi connectivity index (χ1v) is 7.44. The van der Waals surface area contributed by atoms with Crippen LogP contribution in [0.3, 0.4) is 0 Å². The molecule has 1 N–H and O–H groups in total. The van der Waals surface area contributed by atoms with Crippen molar-refractivity contribution in [1.29, 1.82) is 0 Å². The van der Waals surface area contributed by atoms with Gasteiger partial charge >= 0.3 is 0 Å². The topological polar surface area (TPSA) is 20.2 Å². The lowest BCUT2D eigenvalue weighted by Gasteiger charge is -2.15. The van der Waals surface area contributed by atoms with E-state index >= 15 is 0 Å². The van der Waals surface area contributed by atoms with Crippen LogP contribution in [0.4, 0.5) is 0 Å². The van der Waals surface area contributed by atoms with Gasteiger partial charge in [0.1, 0.15) is 6.10 Å². The second kappa shape index (κ2) is 6.43. The van der Waals surface area contributed by atoms with Gasteiger partial charge in [0.2, 0.25) is 0 Å². The Kier molecular flexibility index (Phi) is 4.85. The van der Waals surface area contributed by atoms with E-state index in [-0.39, 0.29) is 0 Å². The molecule has 0 saturated heterocycles. The fourth-order valence-corrected chi connectivity index (χ4v) is 2.39. The SMILES string of the molecule is CCC(C)c1ccc(C(O)c2ccc(Cl)c(C)c2)cc1.